The number of halogens is 5. The van der Waals surface area contributed by atoms with Crippen molar-refractivity contribution in [1.29, 1.82) is 0 Å². The molecule has 184 valence electrons. The molecule has 2 N–H and O–H groups in total. The summed E-state index contributed by atoms with van der Waals surface area (Å²) in [5.41, 5.74) is -1.12. The van der Waals surface area contributed by atoms with Crippen LogP contribution in [-0.4, -0.2) is 37.2 Å². The highest BCUT2D eigenvalue weighted by molar-refractivity contribution is 6.31. The molecule has 0 aliphatic carbocycles. The Morgan fingerprint density at radius 2 is 1.69 bits per heavy atom. The number of carbonyl (C=O) groups is 1. The second-order valence-corrected chi connectivity index (χ2v) is 8.64. The first-order chi connectivity index (χ1) is 16.6. The van der Waals surface area contributed by atoms with Gasteiger partial charge in [0.15, 0.2) is 11.6 Å². The maximum absolute atomic E-state index is 15.4. The van der Waals surface area contributed by atoms with Crippen molar-refractivity contribution in [3.8, 4) is 11.1 Å². The number of hydrogen-bond acceptors (Lipinski definition) is 4. The Labute approximate surface area is 204 Å². The van der Waals surface area contributed by atoms with E-state index in [0.717, 1.165) is 35.4 Å². The van der Waals surface area contributed by atoms with Crippen LogP contribution in [0.1, 0.15) is 13.8 Å². The second-order valence-electron chi connectivity index (χ2n) is 8.21. The van der Waals surface area contributed by atoms with Crippen molar-refractivity contribution < 1.29 is 22.4 Å². The largest absolute Gasteiger partial charge is 0.384 e. The van der Waals surface area contributed by atoms with E-state index in [2.05, 4.69) is 15.6 Å². The van der Waals surface area contributed by atoms with Crippen LogP contribution in [0.25, 0.3) is 11.1 Å². The molecule has 0 saturated heterocycles. The summed E-state index contributed by atoms with van der Waals surface area (Å²) in [5.74, 6) is -3.86. The van der Waals surface area contributed by atoms with Gasteiger partial charge in [0.05, 0.1) is 11.9 Å². The number of anilines is 4. The first kappa shape index (κ1) is 24.7. The lowest BCUT2D eigenvalue weighted by Crippen LogP contribution is -2.45. The predicted octanol–water partition coefficient (Wildman–Crippen LogP) is 6.08. The van der Waals surface area contributed by atoms with E-state index in [9.17, 15) is 9.18 Å². The van der Waals surface area contributed by atoms with Crippen molar-refractivity contribution in [2.45, 2.75) is 19.9 Å². The minimum atomic E-state index is -1.06. The van der Waals surface area contributed by atoms with Crippen LogP contribution in [0.2, 0.25) is 5.02 Å². The molecule has 11 heteroatoms. The molecule has 1 aliphatic rings. The summed E-state index contributed by atoms with van der Waals surface area (Å²) in [5, 5.41) is 5.66. The van der Waals surface area contributed by atoms with E-state index in [1.807, 2.05) is 0 Å². The zero-order valence-corrected chi connectivity index (χ0v) is 19.9. The number of carbonyl (C=O) groups excluding carboxylic acids is 1. The number of likely N-dealkylation sites (N-methyl/N-ethyl adjacent to an activating group) is 1. The number of pyridine rings is 1. The van der Waals surface area contributed by atoms with Gasteiger partial charge in [0, 0.05) is 41.0 Å². The Morgan fingerprint density at radius 1 is 1.00 bits per heavy atom. The van der Waals surface area contributed by atoms with Crippen LogP contribution in [0.4, 0.5) is 45.2 Å². The van der Waals surface area contributed by atoms with Crippen molar-refractivity contribution in [1.82, 2.24) is 10.3 Å². The number of aromatic nitrogens is 1. The molecule has 4 rings (SSSR count). The van der Waals surface area contributed by atoms with Crippen molar-refractivity contribution in [2.24, 2.45) is 0 Å². The molecular weight excluding hydrogens is 486 g/mol. The van der Waals surface area contributed by atoms with Gasteiger partial charge in [0.2, 0.25) is 0 Å². The van der Waals surface area contributed by atoms with Crippen LogP contribution in [0, 0.1) is 23.3 Å². The normalized spacial score (nSPS) is 13.1. The van der Waals surface area contributed by atoms with E-state index >= 15 is 13.2 Å². The molecule has 2 heterocycles. The number of fused-ring (bicyclic) bond motifs is 3. The molecule has 1 aliphatic heterocycles. The number of amides is 2. The Balaban J connectivity index is 2.00. The number of hydrogen-bond donors (Lipinski definition) is 2. The Bertz CT molecular complexity index is 1280. The molecule has 0 unspecified atom stereocenters. The summed E-state index contributed by atoms with van der Waals surface area (Å²) in [6.45, 7) is 4.23. The van der Waals surface area contributed by atoms with Gasteiger partial charge in [-0.25, -0.2) is 27.3 Å². The molecule has 0 spiro atoms. The van der Waals surface area contributed by atoms with Gasteiger partial charge < -0.3 is 10.6 Å². The summed E-state index contributed by atoms with van der Waals surface area (Å²) in [7, 11) is 1.73. The predicted molar refractivity (Wildman–Crippen MR) is 129 cm³/mol. The van der Waals surface area contributed by atoms with E-state index in [4.69, 9.17) is 11.6 Å². The third-order valence-corrected chi connectivity index (χ3v) is 5.68. The third kappa shape index (κ3) is 4.51. The number of benzene rings is 2. The number of urea groups is 1. The highest BCUT2D eigenvalue weighted by atomic mass is 35.5. The average molecular weight is 508 g/mol. The van der Waals surface area contributed by atoms with E-state index in [1.54, 1.807) is 20.9 Å². The fourth-order valence-electron chi connectivity index (χ4n) is 4.01. The molecule has 0 saturated carbocycles. The van der Waals surface area contributed by atoms with Crippen molar-refractivity contribution >= 4 is 40.5 Å². The summed E-state index contributed by atoms with van der Waals surface area (Å²) < 4.78 is 60.4. The maximum Gasteiger partial charge on any atom is 0.335 e. The first-order valence-corrected chi connectivity index (χ1v) is 11.2. The van der Waals surface area contributed by atoms with Gasteiger partial charge in [-0.2, -0.15) is 0 Å². The highest BCUT2D eigenvalue weighted by Gasteiger charge is 2.39. The van der Waals surface area contributed by atoms with Gasteiger partial charge >= 0.3 is 6.03 Å². The lowest BCUT2D eigenvalue weighted by Gasteiger charge is -2.31. The van der Waals surface area contributed by atoms with Gasteiger partial charge in [0.25, 0.3) is 0 Å². The van der Waals surface area contributed by atoms with Crippen LogP contribution >= 0.6 is 11.6 Å². The molecule has 35 heavy (non-hydrogen) atoms. The quantitative estimate of drug-likeness (QED) is 0.314. The molecule has 2 aromatic carbocycles. The molecule has 0 fully saturated rings. The molecule has 0 bridgehead atoms. The summed E-state index contributed by atoms with van der Waals surface area (Å²) >= 11 is 6.08. The van der Waals surface area contributed by atoms with Gasteiger partial charge in [-0.3, -0.25) is 9.80 Å². The lowest BCUT2D eigenvalue weighted by atomic mass is 10.0. The molecule has 0 atom stereocenters. The van der Waals surface area contributed by atoms with Crippen LogP contribution in [0.3, 0.4) is 0 Å². The van der Waals surface area contributed by atoms with Crippen LogP contribution in [-0.2, 0) is 0 Å². The van der Waals surface area contributed by atoms with Crippen LogP contribution < -0.4 is 20.4 Å². The van der Waals surface area contributed by atoms with E-state index in [1.165, 1.54) is 6.07 Å². The Hall–Kier alpha value is -3.37. The third-order valence-electron chi connectivity index (χ3n) is 5.46. The second kappa shape index (κ2) is 9.71. The fourth-order valence-corrected chi connectivity index (χ4v) is 4.21. The first-order valence-electron chi connectivity index (χ1n) is 10.8. The monoisotopic (exact) mass is 507 g/mol. The maximum atomic E-state index is 15.4. The van der Waals surface area contributed by atoms with Crippen LogP contribution in [0.15, 0.2) is 36.5 Å². The Morgan fingerprint density at radius 3 is 2.31 bits per heavy atom. The topological polar surface area (TPSA) is 60.5 Å². The minimum absolute atomic E-state index is 0.0510. The minimum Gasteiger partial charge on any atom is -0.384 e. The smallest absolute Gasteiger partial charge is 0.335 e. The van der Waals surface area contributed by atoms with E-state index in [-0.39, 0.29) is 33.3 Å². The van der Waals surface area contributed by atoms with Gasteiger partial charge in [-0.05, 0) is 51.2 Å². The van der Waals surface area contributed by atoms with Gasteiger partial charge in [-0.1, -0.05) is 11.6 Å². The number of rotatable bonds is 6. The molecule has 3 aromatic rings. The lowest BCUT2D eigenvalue weighted by molar-refractivity contribution is 0.251. The van der Waals surface area contributed by atoms with E-state index in [0.29, 0.717) is 18.0 Å². The zero-order valence-electron chi connectivity index (χ0n) is 19.1. The molecule has 2 amide bonds. The molecule has 0 radical (unpaired) electrons. The summed E-state index contributed by atoms with van der Waals surface area (Å²) in [6.07, 6.45) is 0.886. The van der Waals surface area contributed by atoms with Crippen LogP contribution in [0.5, 0.6) is 0 Å². The van der Waals surface area contributed by atoms with Crippen molar-refractivity contribution in [2.75, 3.05) is 35.3 Å². The Kier molecular flexibility index (Phi) is 6.86. The fraction of sp³-hybridized carbons (Fsp3) is 0.250. The van der Waals surface area contributed by atoms with E-state index < -0.39 is 41.0 Å². The van der Waals surface area contributed by atoms with Gasteiger partial charge in [-0.15, -0.1) is 0 Å². The summed E-state index contributed by atoms with van der Waals surface area (Å²) in [6, 6.07) is 3.79. The van der Waals surface area contributed by atoms with Crippen molar-refractivity contribution in [3.63, 3.8) is 0 Å². The van der Waals surface area contributed by atoms with Crippen molar-refractivity contribution in [3.05, 3.63) is 64.8 Å². The molecular formula is C24H22ClF4N5O. The number of nitrogens with one attached hydrogen (secondary N) is 2. The standard InChI is InChI=1S/C24H22ClF4N5O/c1-12(2)33-23-16(8-14(26)11-32-23)21-17(27)6-13(25)7-20(21)34(24(33)35)22-18(28)9-15(10-19(22)29)31-5-4-30-3/h6-12,30-31H,4-5H2,1-3H3. The molecule has 6 nitrogen and oxygen atoms in total. The molecule has 1 aromatic heterocycles. The summed E-state index contributed by atoms with van der Waals surface area (Å²) in [4.78, 5) is 19.7. The number of nitrogens with zero attached hydrogens (tertiary/aromatic N) is 3. The zero-order chi connectivity index (χ0) is 25.4. The SMILES string of the molecule is CNCCNc1cc(F)c(N2C(=O)N(C(C)C)c3ncc(F)cc3-c3c(F)cc(Cl)cc32)c(F)c1. The van der Waals surface area contributed by atoms with Gasteiger partial charge in [0.1, 0.15) is 23.1 Å². The highest BCUT2D eigenvalue weighted by Crippen LogP contribution is 2.47. The average Bonchev–Trinajstić information content (AvgIpc) is 2.86.